The monoisotopic (exact) mass is 673 g/mol. The molecule has 4 aliphatic rings. The van der Waals surface area contributed by atoms with Gasteiger partial charge < -0.3 is 40.5 Å². The number of nitrogens with two attached hydrogens (primary N) is 1. The van der Waals surface area contributed by atoms with Crippen molar-refractivity contribution in [2.45, 2.75) is 109 Å². The van der Waals surface area contributed by atoms with E-state index in [2.05, 4.69) is 26.1 Å². The summed E-state index contributed by atoms with van der Waals surface area (Å²) in [6.07, 6.45) is 3.50. The Labute approximate surface area is 274 Å². The second kappa shape index (κ2) is 13.5. The third kappa shape index (κ3) is 7.60. The van der Waals surface area contributed by atoms with Gasteiger partial charge in [0, 0.05) is 19.4 Å². The number of aliphatic hydroxyl groups excluding tert-OH is 3. The summed E-state index contributed by atoms with van der Waals surface area (Å²) in [4.78, 5) is 24.8. The molecule has 4 unspecified atom stereocenters. The van der Waals surface area contributed by atoms with Crippen LogP contribution in [-0.4, -0.2) is 113 Å². The second-order valence-corrected chi connectivity index (χ2v) is 18.1. The zero-order valence-corrected chi connectivity index (χ0v) is 29.2. The number of likely N-dealkylation sites (N-methyl/N-ethyl adjacent to an activating group) is 1. The highest BCUT2D eigenvalue weighted by molar-refractivity contribution is 7.85. The Morgan fingerprint density at radius 1 is 1.11 bits per heavy atom. The molecule has 12 nitrogen and oxygen atoms in total. The number of carbonyl (C=O) groups excluding carboxylic acids is 2. The number of nitrogens with one attached hydrogen (secondary N) is 1. The van der Waals surface area contributed by atoms with Crippen LogP contribution >= 0.6 is 0 Å². The van der Waals surface area contributed by atoms with Gasteiger partial charge in [-0.15, -0.1) is 0 Å². The van der Waals surface area contributed by atoms with E-state index in [1.54, 1.807) is 0 Å². The number of quaternary nitrogens is 1. The minimum atomic E-state index is -4.50. The summed E-state index contributed by atoms with van der Waals surface area (Å²) >= 11 is 0. The first-order valence-corrected chi connectivity index (χ1v) is 18.8. The van der Waals surface area contributed by atoms with Gasteiger partial charge in [-0.1, -0.05) is 20.8 Å². The van der Waals surface area contributed by atoms with Crippen molar-refractivity contribution in [2.75, 3.05) is 39.5 Å². The maximum atomic E-state index is 12.7. The molecule has 0 aliphatic heterocycles. The highest BCUT2D eigenvalue weighted by atomic mass is 32.2. The summed E-state index contributed by atoms with van der Waals surface area (Å²) in [6, 6.07) is 0. The van der Waals surface area contributed by atoms with Crippen LogP contribution < -0.4 is 11.1 Å². The minimum Gasteiger partial charge on any atom is -0.748 e. The average Bonchev–Trinajstić information content (AvgIpc) is 3.28. The SMILES string of the molecule is C[C@H](CCC(=O)NCCC[N+](C)(C)CC(O)CS(=O)(=O)[O-])[C@H]1CCC2C3C(C[C@H](O)[C@@]21C)[C@@]1(C)CC[C@](O)(C(N)=O)C[C@H]1C[C@H]3O. The molecule has 0 saturated heterocycles. The van der Waals surface area contributed by atoms with Crippen LogP contribution in [0.3, 0.4) is 0 Å². The Kier molecular flexibility index (Phi) is 11.0. The Morgan fingerprint density at radius 2 is 1.78 bits per heavy atom. The summed E-state index contributed by atoms with van der Waals surface area (Å²) in [5.41, 5.74) is 3.45. The van der Waals surface area contributed by atoms with E-state index in [0.717, 1.165) is 12.8 Å². The number of hydrogen-bond donors (Lipinski definition) is 6. The molecule has 0 bridgehead atoms. The highest BCUT2D eigenvalue weighted by Crippen LogP contribution is 2.68. The van der Waals surface area contributed by atoms with Crippen molar-refractivity contribution in [3.63, 3.8) is 0 Å². The molecule has 266 valence electrons. The maximum absolute atomic E-state index is 12.7. The largest absolute Gasteiger partial charge is 0.748 e. The lowest BCUT2D eigenvalue weighted by atomic mass is 9.42. The average molecular weight is 674 g/mol. The Hall–Kier alpha value is -1.35. The molecule has 0 aromatic heterocycles. The number of primary amides is 1. The maximum Gasteiger partial charge on any atom is 0.249 e. The van der Waals surface area contributed by atoms with Crippen LogP contribution in [-0.2, 0) is 19.7 Å². The molecule has 46 heavy (non-hydrogen) atoms. The highest BCUT2D eigenvalue weighted by Gasteiger charge is 2.66. The first-order valence-electron chi connectivity index (χ1n) is 17.2. The fraction of sp³-hybridized carbons (Fsp3) is 0.939. The Morgan fingerprint density at radius 3 is 2.41 bits per heavy atom. The summed E-state index contributed by atoms with van der Waals surface area (Å²) in [6.45, 7) is 7.73. The second-order valence-electron chi connectivity index (χ2n) is 16.6. The number of nitrogens with zero attached hydrogens (tertiary/aromatic N) is 1. The van der Waals surface area contributed by atoms with Crippen molar-refractivity contribution in [3.8, 4) is 0 Å². The van der Waals surface area contributed by atoms with Crippen LogP contribution in [0.1, 0.15) is 85.0 Å². The minimum absolute atomic E-state index is 0.0413. The summed E-state index contributed by atoms with van der Waals surface area (Å²) in [5.74, 6) is -0.890. The van der Waals surface area contributed by atoms with Gasteiger partial charge in [-0.25, -0.2) is 8.42 Å². The van der Waals surface area contributed by atoms with Crippen LogP contribution in [0.25, 0.3) is 0 Å². The first-order chi connectivity index (χ1) is 21.1. The summed E-state index contributed by atoms with van der Waals surface area (Å²) in [7, 11) is -0.822. The van der Waals surface area contributed by atoms with Gasteiger partial charge in [-0.3, -0.25) is 9.59 Å². The van der Waals surface area contributed by atoms with Gasteiger partial charge in [0.1, 0.15) is 18.2 Å². The number of carbonyl (C=O) groups is 2. The van der Waals surface area contributed by atoms with Crippen LogP contribution in [0.2, 0.25) is 0 Å². The Balaban J connectivity index is 1.30. The van der Waals surface area contributed by atoms with E-state index < -0.39 is 45.7 Å². The van der Waals surface area contributed by atoms with E-state index in [1.165, 1.54) is 0 Å². The molecular formula is C33H59N3O9S. The van der Waals surface area contributed by atoms with Crippen molar-refractivity contribution in [1.82, 2.24) is 5.32 Å². The molecule has 0 aromatic rings. The van der Waals surface area contributed by atoms with Gasteiger partial charge in [-0.05, 0) is 97.7 Å². The lowest BCUT2D eigenvalue weighted by Gasteiger charge is -2.64. The summed E-state index contributed by atoms with van der Waals surface area (Å²) in [5, 5.41) is 47.2. The lowest BCUT2D eigenvalue weighted by molar-refractivity contribution is -0.893. The topological polar surface area (TPSA) is 210 Å². The number of amides is 2. The lowest BCUT2D eigenvalue weighted by Crippen LogP contribution is -2.64. The molecule has 7 N–H and O–H groups in total. The van der Waals surface area contributed by atoms with Crippen molar-refractivity contribution in [2.24, 2.45) is 52.1 Å². The fourth-order valence-corrected chi connectivity index (χ4v) is 11.3. The molecule has 4 fully saturated rings. The third-order valence-corrected chi connectivity index (χ3v) is 14.1. The van der Waals surface area contributed by atoms with E-state index in [1.807, 2.05) is 14.1 Å². The van der Waals surface area contributed by atoms with Crippen LogP contribution in [0.5, 0.6) is 0 Å². The molecule has 12 atom stereocenters. The fourth-order valence-electron chi connectivity index (χ4n) is 10.7. The number of aliphatic hydroxyl groups is 4. The normalized spacial score (nSPS) is 40.7. The molecule has 4 saturated carbocycles. The van der Waals surface area contributed by atoms with Gasteiger partial charge in [0.25, 0.3) is 0 Å². The van der Waals surface area contributed by atoms with Crippen LogP contribution in [0, 0.1) is 46.3 Å². The van der Waals surface area contributed by atoms with Crippen molar-refractivity contribution < 1.29 is 47.5 Å². The van der Waals surface area contributed by atoms with Crippen LogP contribution in [0.15, 0.2) is 0 Å². The Bertz CT molecular complexity index is 1230. The van der Waals surface area contributed by atoms with Crippen molar-refractivity contribution in [1.29, 1.82) is 0 Å². The van der Waals surface area contributed by atoms with E-state index in [-0.39, 0.29) is 65.2 Å². The molecule has 0 spiro atoms. The molecule has 4 rings (SSSR count). The zero-order chi connectivity index (χ0) is 34.5. The van der Waals surface area contributed by atoms with E-state index in [9.17, 15) is 43.0 Å². The van der Waals surface area contributed by atoms with E-state index in [0.29, 0.717) is 62.5 Å². The summed E-state index contributed by atoms with van der Waals surface area (Å²) < 4.78 is 33.0. The number of fused-ring (bicyclic) bond motifs is 5. The molecule has 0 radical (unpaired) electrons. The molecule has 13 heteroatoms. The van der Waals surface area contributed by atoms with Gasteiger partial charge in [0.2, 0.25) is 11.8 Å². The molecule has 0 aromatic carbocycles. The van der Waals surface area contributed by atoms with Crippen LogP contribution in [0.4, 0.5) is 0 Å². The van der Waals surface area contributed by atoms with Gasteiger partial charge in [0.05, 0.1) is 48.7 Å². The first kappa shape index (κ1) is 37.5. The van der Waals surface area contributed by atoms with Crippen molar-refractivity contribution >= 4 is 21.9 Å². The van der Waals surface area contributed by atoms with Gasteiger partial charge >= 0.3 is 0 Å². The predicted octanol–water partition coefficient (Wildman–Crippen LogP) is 0.708. The quantitative estimate of drug-likeness (QED) is 0.0922. The molecule has 0 heterocycles. The predicted molar refractivity (Wildman–Crippen MR) is 171 cm³/mol. The van der Waals surface area contributed by atoms with E-state index >= 15 is 0 Å². The zero-order valence-electron chi connectivity index (χ0n) is 28.4. The van der Waals surface area contributed by atoms with E-state index in [4.69, 9.17) is 5.73 Å². The van der Waals surface area contributed by atoms with Gasteiger partial charge in [-0.2, -0.15) is 0 Å². The van der Waals surface area contributed by atoms with Crippen molar-refractivity contribution in [3.05, 3.63) is 0 Å². The van der Waals surface area contributed by atoms with Gasteiger partial charge in [0.15, 0.2) is 0 Å². The molecule has 4 aliphatic carbocycles. The molecular weight excluding hydrogens is 614 g/mol. The number of rotatable bonds is 13. The smallest absolute Gasteiger partial charge is 0.249 e. The third-order valence-electron chi connectivity index (χ3n) is 13.3. The molecule has 2 amide bonds. The number of hydrogen-bond acceptors (Lipinski definition) is 9. The standard InChI is InChI=1S/C33H59N3O9S/c1-20(7-10-28(40)35-13-6-14-36(4,5)18-22(37)19-46(43,44)45)23-8-9-24-29-25(16-27(39)32(23,24)3)31(2)11-12-33(42,30(34)41)17-21(31)15-26(29)38/h20-27,29,37-39,42H,6-19H2,1-5H3,(H3-,34,35,40,41,43,44,45)/t20-,21-,22?,23-,24?,25?,26-,27+,29?,31+,32-,33-/m1/s1.